The molecular weight excluding hydrogens is 256 g/mol. The Labute approximate surface area is 126 Å². The first-order valence-electron chi connectivity index (χ1n) is 7.50. The monoisotopic (exact) mass is 278 g/mol. The van der Waals surface area contributed by atoms with E-state index in [1.54, 1.807) is 0 Å². The van der Waals surface area contributed by atoms with Gasteiger partial charge in [-0.3, -0.25) is 0 Å². The smallest absolute Gasteiger partial charge is 0.123 e. The van der Waals surface area contributed by atoms with Crippen molar-refractivity contribution >= 4 is 17.4 Å². The van der Waals surface area contributed by atoms with Crippen LogP contribution in [0.5, 0.6) is 0 Å². The molecule has 1 N–H and O–H groups in total. The highest BCUT2D eigenvalue weighted by Crippen LogP contribution is 2.20. The number of allylic oxidation sites excluding steroid dienone is 1. The van der Waals surface area contributed by atoms with Gasteiger partial charge in [0.1, 0.15) is 5.76 Å². The van der Waals surface area contributed by atoms with Crippen LogP contribution >= 0.6 is 0 Å². The fourth-order valence-electron chi connectivity index (χ4n) is 2.46. The zero-order valence-corrected chi connectivity index (χ0v) is 12.9. The molecule has 0 heterocycles. The van der Waals surface area contributed by atoms with E-state index >= 15 is 0 Å². The maximum absolute atomic E-state index is 10.3. The molecule has 1 heteroatoms. The fraction of sp³-hybridized carbons (Fsp3) is 0.200. The lowest BCUT2D eigenvalue weighted by molar-refractivity contribution is 0.512. The van der Waals surface area contributed by atoms with Gasteiger partial charge in [0.2, 0.25) is 0 Å². The second-order valence-corrected chi connectivity index (χ2v) is 4.92. The van der Waals surface area contributed by atoms with Crippen LogP contribution in [-0.2, 0) is 0 Å². The largest absolute Gasteiger partial charge is 0.507 e. The first-order chi connectivity index (χ1) is 10.2. The minimum atomic E-state index is 0.350. The third kappa shape index (κ3) is 3.43. The van der Waals surface area contributed by atoms with Gasteiger partial charge in [0.25, 0.3) is 0 Å². The molecule has 0 saturated heterocycles. The van der Waals surface area contributed by atoms with Crippen LogP contribution in [0.3, 0.4) is 0 Å². The summed E-state index contributed by atoms with van der Waals surface area (Å²) < 4.78 is 0. The van der Waals surface area contributed by atoms with Crippen molar-refractivity contribution in [2.24, 2.45) is 0 Å². The fourth-order valence-corrected chi connectivity index (χ4v) is 2.46. The van der Waals surface area contributed by atoms with Crippen molar-refractivity contribution in [1.29, 1.82) is 0 Å². The van der Waals surface area contributed by atoms with Crippen LogP contribution in [0.25, 0.3) is 17.4 Å². The Hall–Kier alpha value is -2.28. The van der Waals surface area contributed by atoms with Crippen molar-refractivity contribution in [3.63, 3.8) is 0 Å². The number of aliphatic hydroxyl groups is 1. The molecule has 1 nitrogen and oxygen atoms in total. The summed E-state index contributed by atoms with van der Waals surface area (Å²) in [5.41, 5.74) is 3.52. The summed E-state index contributed by atoms with van der Waals surface area (Å²) in [6, 6.07) is 16.3. The molecule has 1 aliphatic carbocycles. The minimum absolute atomic E-state index is 0.350. The highest BCUT2D eigenvalue weighted by Gasteiger charge is 2.05. The summed E-state index contributed by atoms with van der Waals surface area (Å²) in [6.45, 7) is 6.07. The Morgan fingerprint density at radius 3 is 2.38 bits per heavy atom. The van der Waals surface area contributed by atoms with E-state index in [2.05, 4.69) is 31.2 Å². The minimum Gasteiger partial charge on any atom is -0.507 e. The van der Waals surface area contributed by atoms with Gasteiger partial charge >= 0.3 is 0 Å². The second-order valence-electron chi connectivity index (χ2n) is 4.92. The van der Waals surface area contributed by atoms with E-state index in [4.69, 9.17) is 0 Å². The summed E-state index contributed by atoms with van der Waals surface area (Å²) >= 11 is 0. The van der Waals surface area contributed by atoms with Gasteiger partial charge in [-0.25, -0.2) is 0 Å². The molecule has 108 valence electrons. The number of aryl methyl sites for hydroxylation is 1. The van der Waals surface area contributed by atoms with E-state index in [0.29, 0.717) is 5.76 Å². The molecule has 2 aromatic rings. The number of rotatable bonds is 1. The number of hydrogen-bond donors (Lipinski definition) is 1. The summed E-state index contributed by atoms with van der Waals surface area (Å²) in [6.07, 6.45) is 4.90. The van der Waals surface area contributed by atoms with Gasteiger partial charge in [-0.05, 0) is 35.8 Å². The molecule has 0 unspecified atom stereocenters. The lowest BCUT2D eigenvalue weighted by atomic mass is 10.0. The SMILES string of the molecule is CC.Cc1ccc2c(c1)=CCC(c1ccccc1)=CC=2O. The van der Waals surface area contributed by atoms with E-state index in [1.807, 2.05) is 50.3 Å². The molecule has 0 fully saturated rings. The quantitative estimate of drug-likeness (QED) is 0.837. The lowest BCUT2D eigenvalue weighted by Gasteiger charge is -2.03. The molecule has 0 aliphatic heterocycles. The van der Waals surface area contributed by atoms with Gasteiger partial charge in [-0.1, -0.05) is 74.0 Å². The molecular formula is C20H22O. The van der Waals surface area contributed by atoms with Crippen molar-refractivity contribution in [1.82, 2.24) is 0 Å². The van der Waals surface area contributed by atoms with Crippen LogP contribution in [0.15, 0.2) is 54.6 Å². The normalized spacial score (nSPS) is 13.1. The van der Waals surface area contributed by atoms with E-state index in [1.165, 1.54) is 5.56 Å². The number of hydrogen-bond acceptors (Lipinski definition) is 1. The first kappa shape index (κ1) is 15.1. The highest BCUT2D eigenvalue weighted by atomic mass is 16.3. The molecule has 1 aliphatic rings. The van der Waals surface area contributed by atoms with Gasteiger partial charge in [0.15, 0.2) is 0 Å². The van der Waals surface area contributed by atoms with E-state index < -0.39 is 0 Å². The topological polar surface area (TPSA) is 20.2 Å². The molecule has 0 saturated carbocycles. The van der Waals surface area contributed by atoms with Crippen molar-refractivity contribution in [2.75, 3.05) is 0 Å². The summed E-state index contributed by atoms with van der Waals surface area (Å²) in [5.74, 6) is 0.350. The lowest BCUT2D eigenvalue weighted by Crippen LogP contribution is -2.26. The van der Waals surface area contributed by atoms with Crippen molar-refractivity contribution in [3.8, 4) is 0 Å². The van der Waals surface area contributed by atoms with Crippen LogP contribution in [0.2, 0.25) is 0 Å². The standard InChI is InChI=1S/C18H16O.C2H6/c1-13-7-10-17-16(11-13)9-8-15(12-18(17)19)14-5-3-2-4-6-14;1-2/h2-7,9-12,19H,8H2,1H3;1-2H3. The maximum atomic E-state index is 10.3. The Balaban J connectivity index is 0.000000774. The van der Waals surface area contributed by atoms with Gasteiger partial charge in [0, 0.05) is 5.22 Å². The van der Waals surface area contributed by atoms with E-state index in [0.717, 1.165) is 28.0 Å². The Bertz CT molecular complexity index is 752. The third-order valence-corrected chi connectivity index (χ3v) is 3.48. The molecule has 0 amide bonds. The number of fused-ring (bicyclic) bond motifs is 1. The zero-order valence-electron chi connectivity index (χ0n) is 12.9. The van der Waals surface area contributed by atoms with Crippen molar-refractivity contribution in [2.45, 2.75) is 27.2 Å². The predicted molar refractivity (Wildman–Crippen MR) is 91.3 cm³/mol. The first-order valence-corrected chi connectivity index (χ1v) is 7.50. The van der Waals surface area contributed by atoms with Crippen LogP contribution in [0.4, 0.5) is 0 Å². The van der Waals surface area contributed by atoms with Gasteiger partial charge in [-0.15, -0.1) is 0 Å². The van der Waals surface area contributed by atoms with Crippen LogP contribution in [-0.4, -0.2) is 5.11 Å². The highest BCUT2D eigenvalue weighted by molar-refractivity contribution is 5.78. The van der Waals surface area contributed by atoms with Crippen LogP contribution in [0.1, 0.15) is 31.4 Å². The summed E-state index contributed by atoms with van der Waals surface area (Å²) in [5, 5.41) is 12.3. The Morgan fingerprint density at radius 1 is 0.952 bits per heavy atom. The van der Waals surface area contributed by atoms with E-state index in [9.17, 15) is 5.11 Å². The molecule has 2 aromatic carbocycles. The second kappa shape index (κ2) is 6.94. The van der Waals surface area contributed by atoms with Crippen molar-refractivity contribution in [3.05, 3.63) is 76.2 Å². The molecule has 0 bridgehead atoms. The van der Waals surface area contributed by atoms with Gasteiger partial charge in [-0.2, -0.15) is 0 Å². The van der Waals surface area contributed by atoms with Crippen LogP contribution in [0, 0.1) is 6.92 Å². The summed E-state index contributed by atoms with van der Waals surface area (Å²) in [7, 11) is 0. The molecule has 0 radical (unpaired) electrons. The molecule has 0 spiro atoms. The molecule has 0 atom stereocenters. The van der Waals surface area contributed by atoms with Gasteiger partial charge in [0.05, 0.1) is 0 Å². The maximum Gasteiger partial charge on any atom is 0.123 e. The average Bonchev–Trinajstić information content (AvgIpc) is 2.69. The Morgan fingerprint density at radius 2 is 1.67 bits per heavy atom. The summed E-state index contributed by atoms with van der Waals surface area (Å²) in [4.78, 5) is 0. The van der Waals surface area contributed by atoms with Gasteiger partial charge < -0.3 is 5.11 Å². The number of aliphatic hydroxyl groups excluding tert-OH is 1. The molecule has 21 heavy (non-hydrogen) atoms. The van der Waals surface area contributed by atoms with E-state index in [-0.39, 0.29) is 0 Å². The third-order valence-electron chi connectivity index (χ3n) is 3.48. The average molecular weight is 278 g/mol. The van der Waals surface area contributed by atoms with Crippen molar-refractivity contribution < 1.29 is 5.11 Å². The molecule has 0 aromatic heterocycles. The predicted octanol–water partition coefficient (Wildman–Crippen LogP) is 3.96. The molecule has 3 rings (SSSR count). The zero-order chi connectivity index (χ0) is 15.2. The van der Waals surface area contributed by atoms with Crippen LogP contribution < -0.4 is 10.4 Å². The number of benzene rings is 2. The Kier molecular flexibility index (Phi) is 4.99.